The maximum Gasteiger partial charge on any atom is 0.407 e. The first-order valence-electron chi connectivity index (χ1n) is 9.41. The van der Waals surface area contributed by atoms with E-state index in [1.54, 1.807) is 30.3 Å². The molecule has 10 heteroatoms. The van der Waals surface area contributed by atoms with Gasteiger partial charge in [0.25, 0.3) is 5.91 Å². The van der Waals surface area contributed by atoms with Crippen molar-refractivity contribution >= 4 is 29.3 Å². The summed E-state index contributed by atoms with van der Waals surface area (Å²) in [7, 11) is 0. The number of anilines is 1. The van der Waals surface area contributed by atoms with Gasteiger partial charge in [-0.25, -0.2) is 13.9 Å². The fourth-order valence-electron chi connectivity index (χ4n) is 3.23. The number of aromatic nitrogens is 2. The van der Waals surface area contributed by atoms with E-state index in [1.165, 1.54) is 34.1 Å². The number of benzene rings is 2. The van der Waals surface area contributed by atoms with Crippen LogP contribution in [0.25, 0.3) is 5.69 Å². The predicted octanol–water partition coefficient (Wildman–Crippen LogP) is 3.97. The number of carbonyl (C=O) groups excluding carboxylic acids is 1. The molecule has 2 N–H and O–H groups in total. The van der Waals surface area contributed by atoms with Gasteiger partial charge in [0, 0.05) is 12.7 Å². The van der Waals surface area contributed by atoms with E-state index in [0.29, 0.717) is 35.1 Å². The fraction of sp³-hybridized carbons (Fsp3) is 0.190. The van der Waals surface area contributed by atoms with Crippen molar-refractivity contribution in [1.29, 1.82) is 0 Å². The molecule has 1 aliphatic heterocycles. The normalized spacial score (nSPS) is 16.2. The van der Waals surface area contributed by atoms with E-state index in [2.05, 4.69) is 10.4 Å². The van der Waals surface area contributed by atoms with E-state index in [9.17, 15) is 14.0 Å². The monoisotopic (exact) mass is 444 g/mol. The highest BCUT2D eigenvalue weighted by atomic mass is 35.5. The molecule has 1 aliphatic rings. The molecule has 4 rings (SSSR count). The molecule has 0 radical (unpaired) electrons. The number of carboxylic acid groups (broad SMARTS) is 1. The second kappa shape index (κ2) is 8.75. The van der Waals surface area contributed by atoms with Gasteiger partial charge in [-0.05, 0) is 42.0 Å². The van der Waals surface area contributed by atoms with Gasteiger partial charge in [0.15, 0.2) is 0 Å². The summed E-state index contributed by atoms with van der Waals surface area (Å²) >= 11 is 6.34. The average molecular weight is 445 g/mol. The average Bonchev–Trinajstić information content (AvgIpc) is 3.26. The molecule has 0 unspecified atom stereocenters. The topological polar surface area (TPSA) is 96.7 Å². The van der Waals surface area contributed by atoms with Gasteiger partial charge in [-0.15, -0.1) is 0 Å². The Hall–Kier alpha value is -3.43. The Morgan fingerprint density at radius 2 is 2.00 bits per heavy atom. The van der Waals surface area contributed by atoms with Crippen molar-refractivity contribution in [2.24, 2.45) is 0 Å². The maximum atomic E-state index is 13.1. The smallest absolute Gasteiger partial charge is 0.407 e. The lowest BCUT2D eigenvalue weighted by atomic mass is 10.1. The number of nitrogens with one attached hydrogen (secondary N) is 1. The van der Waals surface area contributed by atoms with Crippen molar-refractivity contribution in [2.45, 2.75) is 6.10 Å². The van der Waals surface area contributed by atoms with Crippen LogP contribution >= 0.6 is 11.6 Å². The summed E-state index contributed by atoms with van der Waals surface area (Å²) in [5.74, 6) is -0.768. The molecular weight excluding hydrogens is 427 g/mol. The highest BCUT2D eigenvalue weighted by molar-refractivity contribution is 6.34. The summed E-state index contributed by atoms with van der Waals surface area (Å²) in [6, 6.07) is 10.8. The van der Waals surface area contributed by atoms with Crippen LogP contribution in [0.3, 0.4) is 0 Å². The molecule has 8 nitrogen and oxygen atoms in total. The zero-order chi connectivity index (χ0) is 22.0. The first-order valence-corrected chi connectivity index (χ1v) is 9.79. The summed E-state index contributed by atoms with van der Waals surface area (Å²) in [4.78, 5) is 25.1. The second-order valence-electron chi connectivity index (χ2n) is 6.93. The summed E-state index contributed by atoms with van der Waals surface area (Å²) in [5, 5.41) is 16.3. The number of ether oxygens (including phenoxy) is 1. The molecule has 0 spiro atoms. The first kappa shape index (κ1) is 20.8. The maximum absolute atomic E-state index is 13.1. The lowest BCUT2D eigenvalue weighted by Gasteiger charge is -2.31. The molecule has 3 aromatic rings. The number of nitrogens with zero attached hydrogens (tertiary/aromatic N) is 3. The minimum atomic E-state index is -0.996. The van der Waals surface area contributed by atoms with Crippen molar-refractivity contribution in [3.05, 3.63) is 76.8 Å². The molecular formula is C21H18ClFN4O4. The van der Waals surface area contributed by atoms with Crippen molar-refractivity contribution < 1.29 is 23.8 Å². The molecule has 1 aromatic heterocycles. The summed E-state index contributed by atoms with van der Waals surface area (Å²) in [6.07, 6.45) is 1.50. The summed E-state index contributed by atoms with van der Waals surface area (Å²) < 4.78 is 20.2. The van der Waals surface area contributed by atoms with Crippen LogP contribution in [0.2, 0.25) is 5.02 Å². The Labute approximate surface area is 181 Å². The number of hydrogen-bond donors (Lipinski definition) is 2. The largest absolute Gasteiger partial charge is 0.465 e. The zero-order valence-electron chi connectivity index (χ0n) is 16.2. The number of carbonyl (C=O) groups is 2. The molecule has 1 fully saturated rings. The second-order valence-corrected chi connectivity index (χ2v) is 7.34. The molecule has 2 amide bonds. The van der Waals surface area contributed by atoms with Crippen molar-refractivity contribution in [2.75, 3.05) is 25.0 Å². The third-order valence-corrected chi connectivity index (χ3v) is 5.20. The van der Waals surface area contributed by atoms with E-state index in [0.717, 1.165) is 5.56 Å². The highest BCUT2D eigenvalue weighted by Crippen LogP contribution is 2.29. The van der Waals surface area contributed by atoms with Gasteiger partial charge < -0.3 is 20.1 Å². The Balaban J connectivity index is 1.45. The van der Waals surface area contributed by atoms with Crippen LogP contribution in [0.1, 0.15) is 22.0 Å². The molecule has 0 aliphatic carbocycles. The van der Waals surface area contributed by atoms with Crippen LogP contribution in [-0.2, 0) is 4.74 Å². The number of halogens is 2. The quantitative estimate of drug-likeness (QED) is 0.634. The fourth-order valence-corrected chi connectivity index (χ4v) is 3.46. The molecule has 1 saturated heterocycles. The minimum absolute atomic E-state index is 0.208. The first-order chi connectivity index (χ1) is 14.9. The number of amides is 2. The predicted molar refractivity (Wildman–Crippen MR) is 111 cm³/mol. The SMILES string of the molecule is O=C(Nc1ccc([C@H]2CN(C(=O)O)CCO2)cc1Cl)c1cnn(-c2ccc(F)cc2)c1. The van der Waals surface area contributed by atoms with Gasteiger partial charge in [0.1, 0.15) is 11.9 Å². The molecule has 2 heterocycles. The zero-order valence-corrected chi connectivity index (χ0v) is 16.9. The van der Waals surface area contributed by atoms with Gasteiger partial charge in [0.2, 0.25) is 0 Å². The van der Waals surface area contributed by atoms with Crippen molar-refractivity contribution in [3.8, 4) is 5.69 Å². The van der Waals surface area contributed by atoms with E-state index in [1.807, 2.05) is 0 Å². The lowest BCUT2D eigenvalue weighted by molar-refractivity contribution is -0.0231. The summed E-state index contributed by atoms with van der Waals surface area (Å²) in [5.41, 5.74) is 2.04. The molecule has 1 atom stereocenters. The minimum Gasteiger partial charge on any atom is -0.465 e. The van der Waals surface area contributed by atoms with E-state index < -0.39 is 18.1 Å². The van der Waals surface area contributed by atoms with Gasteiger partial charge >= 0.3 is 6.09 Å². The van der Waals surface area contributed by atoms with Crippen molar-refractivity contribution in [1.82, 2.24) is 14.7 Å². The lowest BCUT2D eigenvalue weighted by Crippen LogP contribution is -2.41. The molecule has 2 aromatic carbocycles. The molecule has 0 saturated carbocycles. The van der Waals surface area contributed by atoms with Crippen LogP contribution < -0.4 is 5.32 Å². The number of morpholine rings is 1. The van der Waals surface area contributed by atoms with Crippen LogP contribution in [-0.4, -0.2) is 51.5 Å². The number of hydrogen-bond acceptors (Lipinski definition) is 4. The van der Waals surface area contributed by atoms with E-state index in [-0.39, 0.29) is 12.4 Å². The molecule has 0 bridgehead atoms. The van der Waals surface area contributed by atoms with Gasteiger partial charge in [-0.3, -0.25) is 4.79 Å². The van der Waals surface area contributed by atoms with Crippen LogP contribution in [0.4, 0.5) is 14.9 Å². The standard InChI is InChI=1S/C21H18ClFN4O4/c22-17-9-13(19-12-26(21(29)30)7-8-31-19)1-6-18(17)25-20(28)14-10-24-27(11-14)16-4-2-15(23)3-5-16/h1-6,9-11,19H,7-8,12H2,(H,25,28)(H,29,30)/t19-/m1/s1. The van der Waals surface area contributed by atoms with Crippen LogP contribution in [0.5, 0.6) is 0 Å². The Morgan fingerprint density at radius 1 is 1.23 bits per heavy atom. The van der Waals surface area contributed by atoms with Gasteiger partial charge in [-0.1, -0.05) is 17.7 Å². The Bertz CT molecular complexity index is 1120. The summed E-state index contributed by atoms with van der Waals surface area (Å²) in [6.45, 7) is 0.824. The van der Waals surface area contributed by atoms with Crippen LogP contribution in [0, 0.1) is 5.82 Å². The third kappa shape index (κ3) is 4.68. The Morgan fingerprint density at radius 3 is 2.71 bits per heavy atom. The van der Waals surface area contributed by atoms with E-state index >= 15 is 0 Å². The van der Waals surface area contributed by atoms with Gasteiger partial charge in [-0.2, -0.15) is 5.10 Å². The van der Waals surface area contributed by atoms with Crippen molar-refractivity contribution in [3.63, 3.8) is 0 Å². The molecule has 31 heavy (non-hydrogen) atoms. The highest BCUT2D eigenvalue weighted by Gasteiger charge is 2.25. The third-order valence-electron chi connectivity index (χ3n) is 4.89. The molecule has 160 valence electrons. The van der Waals surface area contributed by atoms with Gasteiger partial charge in [0.05, 0.1) is 41.3 Å². The van der Waals surface area contributed by atoms with E-state index in [4.69, 9.17) is 21.4 Å². The number of rotatable bonds is 4. The Kier molecular flexibility index (Phi) is 5.88. The van der Waals surface area contributed by atoms with Crippen LogP contribution in [0.15, 0.2) is 54.9 Å².